The number of likely N-dealkylation sites (tertiary alicyclic amines) is 1. The smallest absolute Gasteiger partial charge is 0.326 e. The summed E-state index contributed by atoms with van der Waals surface area (Å²) in [5.41, 5.74) is 0. The van der Waals surface area contributed by atoms with Crippen LogP contribution in [0.2, 0.25) is 0 Å². The second-order valence-corrected chi connectivity index (χ2v) is 4.88. The number of carbonyl (C=O) groups excluding carboxylic acids is 1. The van der Waals surface area contributed by atoms with Gasteiger partial charge in [0, 0.05) is 6.54 Å². The largest absolute Gasteiger partial charge is 0.480 e. The van der Waals surface area contributed by atoms with Crippen LogP contribution in [0.5, 0.6) is 0 Å². The van der Waals surface area contributed by atoms with Crippen molar-refractivity contribution in [3.63, 3.8) is 0 Å². The number of nitrogens with one attached hydrogen (secondary N) is 1. The molecule has 96 valence electrons. The number of carboxylic acids is 1. The van der Waals surface area contributed by atoms with Crippen molar-refractivity contribution in [3.8, 4) is 0 Å². The monoisotopic (exact) mass is 240 g/mol. The number of hydrogen-bond donors (Lipinski definition) is 2. The standard InChI is InChI=1S/C12H20N2O3/c15-11(9-5-1-3-7-13-9)14-8-4-2-6-10(14)12(16)17/h9-10,13H,1-8H2,(H,16,17)/t9-,10?/m0/s1. The van der Waals surface area contributed by atoms with Gasteiger partial charge in [0.15, 0.2) is 0 Å². The first-order chi connectivity index (χ1) is 8.20. The van der Waals surface area contributed by atoms with E-state index in [2.05, 4.69) is 5.32 Å². The van der Waals surface area contributed by atoms with Crippen molar-refractivity contribution in [2.45, 2.75) is 50.6 Å². The molecule has 0 aromatic carbocycles. The second-order valence-electron chi connectivity index (χ2n) is 4.88. The van der Waals surface area contributed by atoms with E-state index in [1.807, 2.05) is 0 Å². The molecule has 0 aromatic rings. The average molecular weight is 240 g/mol. The number of aliphatic carboxylic acids is 1. The first-order valence-electron chi connectivity index (χ1n) is 6.47. The topological polar surface area (TPSA) is 69.6 Å². The summed E-state index contributed by atoms with van der Waals surface area (Å²) in [6.07, 6.45) is 5.40. The minimum absolute atomic E-state index is 0.0169. The Kier molecular flexibility index (Phi) is 3.99. The molecule has 1 amide bonds. The molecule has 2 rings (SSSR count). The highest BCUT2D eigenvalue weighted by Gasteiger charge is 2.35. The van der Waals surface area contributed by atoms with Gasteiger partial charge in [-0.3, -0.25) is 4.79 Å². The van der Waals surface area contributed by atoms with Crippen LogP contribution in [0.15, 0.2) is 0 Å². The first kappa shape index (κ1) is 12.4. The Morgan fingerprint density at radius 1 is 1.12 bits per heavy atom. The molecule has 2 fully saturated rings. The zero-order valence-electron chi connectivity index (χ0n) is 10.0. The number of nitrogens with zero attached hydrogens (tertiary/aromatic N) is 1. The molecule has 2 aliphatic heterocycles. The lowest BCUT2D eigenvalue weighted by Crippen LogP contribution is -2.55. The summed E-state index contributed by atoms with van der Waals surface area (Å²) < 4.78 is 0. The zero-order chi connectivity index (χ0) is 12.3. The van der Waals surface area contributed by atoms with Gasteiger partial charge in [-0.05, 0) is 38.6 Å². The normalized spacial score (nSPS) is 30.0. The molecule has 0 spiro atoms. The molecule has 0 aliphatic carbocycles. The average Bonchev–Trinajstić information content (AvgIpc) is 2.39. The molecule has 1 unspecified atom stereocenters. The van der Waals surface area contributed by atoms with Gasteiger partial charge < -0.3 is 15.3 Å². The molecule has 5 nitrogen and oxygen atoms in total. The summed E-state index contributed by atoms with van der Waals surface area (Å²) in [5, 5.41) is 12.3. The van der Waals surface area contributed by atoms with Crippen LogP contribution in [-0.4, -0.2) is 47.1 Å². The van der Waals surface area contributed by atoms with Crippen LogP contribution in [0.25, 0.3) is 0 Å². The predicted molar refractivity (Wildman–Crippen MR) is 62.6 cm³/mol. The molecule has 0 saturated carbocycles. The SMILES string of the molecule is O=C(O)C1CCCCN1C(=O)[C@@H]1CCCCN1. The third kappa shape index (κ3) is 2.77. The van der Waals surface area contributed by atoms with E-state index in [1.165, 1.54) is 0 Å². The molecule has 0 radical (unpaired) electrons. The van der Waals surface area contributed by atoms with Gasteiger partial charge >= 0.3 is 5.97 Å². The summed E-state index contributed by atoms with van der Waals surface area (Å²) in [6.45, 7) is 1.45. The minimum atomic E-state index is -0.867. The van der Waals surface area contributed by atoms with Crippen LogP contribution in [0, 0.1) is 0 Å². The van der Waals surface area contributed by atoms with Crippen molar-refractivity contribution < 1.29 is 14.7 Å². The third-order valence-electron chi connectivity index (χ3n) is 3.68. The summed E-state index contributed by atoms with van der Waals surface area (Å²) in [5.74, 6) is -0.884. The maximum absolute atomic E-state index is 12.3. The van der Waals surface area contributed by atoms with Crippen molar-refractivity contribution in [1.29, 1.82) is 0 Å². The molecule has 17 heavy (non-hydrogen) atoms. The Labute approximate surface area is 101 Å². The van der Waals surface area contributed by atoms with E-state index in [4.69, 9.17) is 5.11 Å². The Morgan fingerprint density at radius 2 is 1.88 bits per heavy atom. The van der Waals surface area contributed by atoms with Gasteiger partial charge in [-0.25, -0.2) is 4.79 Å². The van der Waals surface area contributed by atoms with E-state index < -0.39 is 12.0 Å². The minimum Gasteiger partial charge on any atom is -0.480 e. The lowest BCUT2D eigenvalue weighted by Gasteiger charge is -2.36. The van der Waals surface area contributed by atoms with Gasteiger partial charge in [0.2, 0.25) is 5.91 Å². The molecule has 2 heterocycles. The van der Waals surface area contributed by atoms with Crippen LogP contribution in [0.1, 0.15) is 38.5 Å². The highest BCUT2D eigenvalue weighted by molar-refractivity contribution is 5.87. The highest BCUT2D eigenvalue weighted by Crippen LogP contribution is 2.20. The van der Waals surface area contributed by atoms with Gasteiger partial charge in [0.1, 0.15) is 6.04 Å². The number of carboxylic acid groups (broad SMARTS) is 1. The van der Waals surface area contributed by atoms with Crippen LogP contribution in [0.3, 0.4) is 0 Å². The Morgan fingerprint density at radius 3 is 2.53 bits per heavy atom. The molecular formula is C12H20N2O3. The van der Waals surface area contributed by atoms with E-state index in [0.717, 1.165) is 38.6 Å². The quantitative estimate of drug-likeness (QED) is 0.741. The maximum Gasteiger partial charge on any atom is 0.326 e. The van der Waals surface area contributed by atoms with Crippen molar-refractivity contribution in [2.24, 2.45) is 0 Å². The summed E-state index contributed by atoms with van der Waals surface area (Å²) in [6, 6.07) is -0.774. The molecule has 2 aliphatic rings. The van der Waals surface area contributed by atoms with Crippen LogP contribution >= 0.6 is 0 Å². The molecule has 0 bridgehead atoms. The fraction of sp³-hybridized carbons (Fsp3) is 0.833. The van der Waals surface area contributed by atoms with E-state index in [0.29, 0.717) is 13.0 Å². The van der Waals surface area contributed by atoms with Gasteiger partial charge in [-0.2, -0.15) is 0 Å². The second kappa shape index (κ2) is 5.49. The van der Waals surface area contributed by atoms with E-state index >= 15 is 0 Å². The van der Waals surface area contributed by atoms with Crippen LogP contribution < -0.4 is 5.32 Å². The highest BCUT2D eigenvalue weighted by atomic mass is 16.4. The van der Waals surface area contributed by atoms with Gasteiger partial charge in [-0.15, -0.1) is 0 Å². The maximum atomic E-state index is 12.3. The van der Waals surface area contributed by atoms with Gasteiger partial charge in [0.25, 0.3) is 0 Å². The molecule has 2 saturated heterocycles. The number of carbonyl (C=O) groups is 2. The molecule has 0 aromatic heterocycles. The van der Waals surface area contributed by atoms with Crippen molar-refractivity contribution in [3.05, 3.63) is 0 Å². The zero-order valence-corrected chi connectivity index (χ0v) is 10.0. The third-order valence-corrected chi connectivity index (χ3v) is 3.68. The van der Waals surface area contributed by atoms with Gasteiger partial charge in [0.05, 0.1) is 6.04 Å². The number of hydrogen-bond acceptors (Lipinski definition) is 3. The van der Waals surface area contributed by atoms with Crippen molar-refractivity contribution >= 4 is 11.9 Å². The van der Waals surface area contributed by atoms with Crippen molar-refractivity contribution in [1.82, 2.24) is 10.2 Å². The Balaban J connectivity index is 2.02. The Bertz CT molecular complexity index is 300. The van der Waals surface area contributed by atoms with E-state index in [9.17, 15) is 9.59 Å². The number of amides is 1. The fourth-order valence-corrected chi connectivity index (χ4v) is 2.71. The van der Waals surface area contributed by atoms with Crippen molar-refractivity contribution in [2.75, 3.05) is 13.1 Å². The fourth-order valence-electron chi connectivity index (χ4n) is 2.71. The molecule has 5 heteroatoms. The number of piperidine rings is 2. The first-order valence-corrected chi connectivity index (χ1v) is 6.47. The van der Waals surface area contributed by atoms with Crippen LogP contribution in [0.4, 0.5) is 0 Å². The summed E-state index contributed by atoms with van der Waals surface area (Å²) in [4.78, 5) is 25.0. The summed E-state index contributed by atoms with van der Waals surface area (Å²) >= 11 is 0. The molecule has 2 atom stereocenters. The van der Waals surface area contributed by atoms with Gasteiger partial charge in [-0.1, -0.05) is 6.42 Å². The van der Waals surface area contributed by atoms with Crippen LogP contribution in [-0.2, 0) is 9.59 Å². The number of rotatable bonds is 2. The van der Waals surface area contributed by atoms with E-state index in [-0.39, 0.29) is 11.9 Å². The Hall–Kier alpha value is -1.10. The molecular weight excluding hydrogens is 220 g/mol. The van der Waals surface area contributed by atoms with E-state index in [1.54, 1.807) is 4.90 Å². The predicted octanol–water partition coefficient (Wildman–Crippen LogP) is 0.594. The molecule has 2 N–H and O–H groups in total. The summed E-state index contributed by atoms with van der Waals surface area (Å²) in [7, 11) is 0. The lowest BCUT2D eigenvalue weighted by atomic mass is 9.98. The lowest BCUT2D eigenvalue weighted by molar-refractivity contribution is -0.153.